The fraction of sp³-hybridized carbons (Fsp3) is 0.188. The van der Waals surface area contributed by atoms with E-state index in [9.17, 15) is 13.2 Å². The number of nitrogens with two attached hydrogens (primary N) is 1. The van der Waals surface area contributed by atoms with Crippen LogP contribution in [0, 0.1) is 6.92 Å². The van der Waals surface area contributed by atoms with Gasteiger partial charge >= 0.3 is 0 Å². The molecule has 0 radical (unpaired) electrons. The topological polar surface area (TPSA) is 122 Å². The molecule has 0 saturated heterocycles. The quantitative estimate of drug-likeness (QED) is 0.461. The molecule has 1 unspecified atom stereocenters. The van der Waals surface area contributed by atoms with E-state index in [-0.39, 0.29) is 11.3 Å². The molecule has 0 aliphatic rings. The van der Waals surface area contributed by atoms with Crippen LogP contribution >= 0.6 is 0 Å². The Balaban J connectivity index is 2.08. The molecular formula is C16H19N3O4S. The zero-order valence-corrected chi connectivity index (χ0v) is 13.9. The molecule has 0 spiro atoms. The number of carbonyl (C=O) groups excluding carboxylic acids is 1. The van der Waals surface area contributed by atoms with E-state index in [1.54, 1.807) is 48.5 Å². The molecule has 128 valence electrons. The Kier molecular flexibility index (Phi) is 5.55. The van der Waals surface area contributed by atoms with Crippen LogP contribution < -0.4 is 15.9 Å². The summed E-state index contributed by atoms with van der Waals surface area (Å²) in [4.78, 5) is 11.4. The molecule has 0 bridgehead atoms. The second-order valence-electron chi connectivity index (χ2n) is 5.40. The van der Waals surface area contributed by atoms with Crippen LogP contribution in [-0.4, -0.2) is 25.6 Å². The lowest BCUT2D eigenvalue weighted by Crippen LogP contribution is -2.40. The van der Waals surface area contributed by atoms with Gasteiger partial charge in [0.15, 0.2) is 0 Å². The SMILES string of the molecule is Cc1ccc(S(=O)(=O)Nc2ccc(CC(N)C(=O)NO)cc2)cc1. The Labute approximate surface area is 140 Å². The number of benzene rings is 2. The number of sulfonamides is 1. The van der Waals surface area contributed by atoms with E-state index < -0.39 is 22.0 Å². The molecule has 7 nitrogen and oxygen atoms in total. The summed E-state index contributed by atoms with van der Waals surface area (Å²) < 4.78 is 27.1. The number of hydrogen-bond acceptors (Lipinski definition) is 5. The van der Waals surface area contributed by atoms with Crippen molar-refractivity contribution in [1.29, 1.82) is 0 Å². The minimum Gasteiger partial charge on any atom is -0.320 e. The van der Waals surface area contributed by atoms with E-state index in [1.807, 2.05) is 6.92 Å². The predicted octanol–water partition coefficient (Wildman–Crippen LogP) is 1.17. The van der Waals surface area contributed by atoms with Crippen LogP contribution in [0.25, 0.3) is 0 Å². The third-order valence-electron chi connectivity index (χ3n) is 3.44. The van der Waals surface area contributed by atoms with Crippen molar-refractivity contribution < 1.29 is 18.4 Å². The summed E-state index contributed by atoms with van der Waals surface area (Å²) in [6.07, 6.45) is 0.220. The highest BCUT2D eigenvalue weighted by Crippen LogP contribution is 2.17. The molecule has 0 fully saturated rings. The normalized spacial score (nSPS) is 12.5. The van der Waals surface area contributed by atoms with Crippen molar-refractivity contribution in [2.24, 2.45) is 5.73 Å². The first-order valence-corrected chi connectivity index (χ1v) is 8.68. The van der Waals surface area contributed by atoms with Gasteiger partial charge in [-0.3, -0.25) is 14.7 Å². The van der Waals surface area contributed by atoms with Gasteiger partial charge in [-0.15, -0.1) is 0 Å². The molecule has 1 atom stereocenters. The van der Waals surface area contributed by atoms with Gasteiger partial charge in [0.25, 0.3) is 15.9 Å². The second kappa shape index (κ2) is 7.43. The smallest absolute Gasteiger partial charge is 0.261 e. The minimum atomic E-state index is -3.66. The fourth-order valence-electron chi connectivity index (χ4n) is 2.07. The van der Waals surface area contributed by atoms with Crippen molar-refractivity contribution >= 4 is 21.6 Å². The van der Waals surface area contributed by atoms with Crippen molar-refractivity contribution in [2.45, 2.75) is 24.3 Å². The van der Waals surface area contributed by atoms with E-state index >= 15 is 0 Å². The van der Waals surface area contributed by atoms with E-state index in [0.29, 0.717) is 5.69 Å². The van der Waals surface area contributed by atoms with E-state index in [4.69, 9.17) is 10.9 Å². The number of anilines is 1. The fourth-order valence-corrected chi connectivity index (χ4v) is 3.13. The van der Waals surface area contributed by atoms with Crippen molar-refractivity contribution in [2.75, 3.05) is 4.72 Å². The number of amides is 1. The standard InChI is InChI=1S/C16H19N3O4S/c1-11-2-8-14(9-3-11)24(22,23)19-13-6-4-12(5-7-13)10-15(17)16(20)18-21/h2-9,15,19,21H,10,17H2,1H3,(H,18,20). The molecular weight excluding hydrogens is 330 g/mol. The van der Waals surface area contributed by atoms with Gasteiger partial charge in [-0.05, 0) is 43.2 Å². The maximum Gasteiger partial charge on any atom is 0.261 e. The molecule has 0 aliphatic heterocycles. The first kappa shape index (κ1) is 17.9. The Hall–Kier alpha value is -2.42. The molecule has 0 saturated carbocycles. The number of rotatable bonds is 6. The van der Waals surface area contributed by atoms with Crippen molar-refractivity contribution in [1.82, 2.24) is 5.48 Å². The molecule has 5 N–H and O–H groups in total. The Morgan fingerprint density at radius 2 is 1.71 bits per heavy atom. The first-order valence-electron chi connectivity index (χ1n) is 7.20. The zero-order valence-electron chi connectivity index (χ0n) is 13.1. The number of aryl methyl sites for hydroxylation is 1. The van der Waals surface area contributed by atoms with Crippen LogP contribution in [0.4, 0.5) is 5.69 Å². The highest BCUT2D eigenvalue weighted by molar-refractivity contribution is 7.92. The Morgan fingerprint density at radius 1 is 1.12 bits per heavy atom. The van der Waals surface area contributed by atoms with Gasteiger partial charge in [0.1, 0.15) is 0 Å². The first-order chi connectivity index (χ1) is 11.3. The molecule has 8 heteroatoms. The number of nitrogens with one attached hydrogen (secondary N) is 2. The van der Waals surface area contributed by atoms with E-state index in [0.717, 1.165) is 11.1 Å². The van der Waals surface area contributed by atoms with Gasteiger partial charge in [0.05, 0.1) is 10.9 Å². The van der Waals surface area contributed by atoms with Crippen molar-refractivity contribution in [3.05, 3.63) is 59.7 Å². The molecule has 0 heterocycles. The van der Waals surface area contributed by atoms with E-state index in [1.165, 1.54) is 5.48 Å². The van der Waals surface area contributed by atoms with Crippen LogP contribution in [0.2, 0.25) is 0 Å². The highest BCUT2D eigenvalue weighted by atomic mass is 32.2. The predicted molar refractivity (Wildman–Crippen MR) is 90.0 cm³/mol. The maximum atomic E-state index is 12.3. The zero-order chi connectivity index (χ0) is 17.7. The summed E-state index contributed by atoms with van der Waals surface area (Å²) in [6.45, 7) is 1.88. The summed E-state index contributed by atoms with van der Waals surface area (Å²) in [5, 5.41) is 8.52. The van der Waals surface area contributed by atoms with Crippen molar-refractivity contribution in [3.8, 4) is 0 Å². The molecule has 2 aromatic rings. The average Bonchev–Trinajstić information content (AvgIpc) is 2.56. The van der Waals surface area contributed by atoms with Crippen LogP contribution in [0.3, 0.4) is 0 Å². The lowest BCUT2D eigenvalue weighted by molar-refractivity contribution is -0.130. The summed E-state index contributed by atoms with van der Waals surface area (Å²) >= 11 is 0. The maximum absolute atomic E-state index is 12.3. The molecule has 24 heavy (non-hydrogen) atoms. The summed E-state index contributed by atoms with van der Waals surface area (Å²) in [7, 11) is -3.66. The molecule has 0 aliphatic carbocycles. The summed E-state index contributed by atoms with van der Waals surface area (Å²) in [6, 6.07) is 12.2. The number of hydroxylamine groups is 1. The minimum absolute atomic E-state index is 0.179. The monoisotopic (exact) mass is 349 g/mol. The number of hydrogen-bond donors (Lipinski definition) is 4. The molecule has 1 amide bonds. The van der Waals surface area contributed by atoms with Gasteiger partial charge in [0, 0.05) is 5.69 Å². The third kappa shape index (κ3) is 4.54. The van der Waals surface area contributed by atoms with Gasteiger partial charge < -0.3 is 5.73 Å². The van der Waals surface area contributed by atoms with Crippen LogP contribution in [0.5, 0.6) is 0 Å². The van der Waals surface area contributed by atoms with Gasteiger partial charge in [0.2, 0.25) is 0 Å². The molecule has 2 aromatic carbocycles. The van der Waals surface area contributed by atoms with Crippen LogP contribution in [0.15, 0.2) is 53.4 Å². The lowest BCUT2D eigenvalue weighted by atomic mass is 10.1. The summed E-state index contributed by atoms with van der Waals surface area (Å²) in [5.74, 6) is -0.681. The van der Waals surface area contributed by atoms with Crippen molar-refractivity contribution in [3.63, 3.8) is 0 Å². The average molecular weight is 349 g/mol. The van der Waals surface area contributed by atoms with Crippen LogP contribution in [-0.2, 0) is 21.2 Å². The highest BCUT2D eigenvalue weighted by Gasteiger charge is 2.15. The Morgan fingerprint density at radius 3 is 2.25 bits per heavy atom. The van der Waals surface area contributed by atoms with Gasteiger partial charge in [-0.25, -0.2) is 13.9 Å². The summed E-state index contributed by atoms with van der Waals surface area (Å²) in [5.41, 5.74) is 9.21. The lowest BCUT2D eigenvalue weighted by Gasteiger charge is -2.11. The number of carbonyl (C=O) groups is 1. The molecule has 0 aromatic heterocycles. The third-order valence-corrected chi connectivity index (χ3v) is 4.84. The molecule has 2 rings (SSSR count). The van der Waals surface area contributed by atoms with Gasteiger partial charge in [-0.1, -0.05) is 29.8 Å². The van der Waals surface area contributed by atoms with E-state index in [2.05, 4.69) is 4.72 Å². The van der Waals surface area contributed by atoms with Crippen LogP contribution in [0.1, 0.15) is 11.1 Å². The second-order valence-corrected chi connectivity index (χ2v) is 7.08. The van der Waals surface area contributed by atoms with Gasteiger partial charge in [-0.2, -0.15) is 0 Å². The Bertz CT molecular complexity index is 802. The largest absolute Gasteiger partial charge is 0.320 e.